The Morgan fingerprint density at radius 3 is 2.20 bits per heavy atom. The Morgan fingerprint density at radius 1 is 1.40 bits per heavy atom. The minimum atomic E-state index is -2.86. The van der Waals surface area contributed by atoms with Crippen molar-refractivity contribution in [1.82, 2.24) is 0 Å². The molecule has 84 valence electrons. The summed E-state index contributed by atoms with van der Waals surface area (Å²) < 4.78 is 29.1. The summed E-state index contributed by atoms with van der Waals surface area (Å²) in [5.74, 6) is 0.901. The molecule has 0 bridgehead atoms. The van der Waals surface area contributed by atoms with Crippen molar-refractivity contribution in [2.75, 3.05) is 7.11 Å². The van der Waals surface area contributed by atoms with Crippen LogP contribution in [-0.2, 0) is 11.4 Å². The van der Waals surface area contributed by atoms with Crippen LogP contribution < -0.4 is 4.74 Å². The van der Waals surface area contributed by atoms with Crippen molar-refractivity contribution >= 4 is 17.4 Å². The van der Waals surface area contributed by atoms with E-state index in [2.05, 4.69) is 6.08 Å². The molecule has 1 rings (SSSR count). The van der Waals surface area contributed by atoms with Crippen LogP contribution in [0, 0.1) is 0 Å². The van der Waals surface area contributed by atoms with Crippen LogP contribution in [0.2, 0.25) is 0 Å². The maximum absolute atomic E-state index is 8.56. The van der Waals surface area contributed by atoms with Crippen LogP contribution in [0.5, 0.6) is 5.75 Å². The monoisotopic (exact) mass is 229 g/mol. The maximum Gasteiger partial charge on any atom is 0.118 e. The van der Waals surface area contributed by atoms with E-state index in [4.69, 9.17) is 18.1 Å². The molecule has 0 aliphatic rings. The fourth-order valence-corrected chi connectivity index (χ4v) is 0.907. The van der Waals surface area contributed by atoms with Gasteiger partial charge < -0.3 is 13.8 Å². The third-order valence-corrected chi connectivity index (χ3v) is 1.47. The number of benzene rings is 1. The van der Waals surface area contributed by atoms with E-state index >= 15 is 0 Å². The van der Waals surface area contributed by atoms with Crippen molar-refractivity contribution in [2.24, 2.45) is 0 Å². The zero-order valence-electron chi connectivity index (χ0n) is 8.54. The molecule has 0 aliphatic heterocycles. The summed E-state index contributed by atoms with van der Waals surface area (Å²) in [5.41, 5.74) is 1.20. The second-order valence-electron chi connectivity index (χ2n) is 2.49. The molecule has 0 aromatic heterocycles. The van der Waals surface area contributed by atoms with E-state index in [1.807, 2.05) is 37.3 Å². The van der Waals surface area contributed by atoms with Gasteiger partial charge in [-0.15, -0.1) is 0 Å². The summed E-state index contributed by atoms with van der Waals surface area (Å²) >= 11 is -2.86. The van der Waals surface area contributed by atoms with Gasteiger partial charge >= 0.3 is 0 Å². The summed E-state index contributed by atoms with van der Waals surface area (Å²) in [6, 6.07) is 7.96. The summed E-state index contributed by atoms with van der Waals surface area (Å²) in [5, 5.41) is 0. The van der Waals surface area contributed by atoms with E-state index < -0.39 is 11.4 Å². The van der Waals surface area contributed by atoms with Crippen molar-refractivity contribution < 1.29 is 18.1 Å². The molecule has 0 amide bonds. The third-order valence-electron chi connectivity index (χ3n) is 1.47. The zero-order chi connectivity index (χ0) is 11.7. The first-order chi connectivity index (χ1) is 7.10. The van der Waals surface area contributed by atoms with Gasteiger partial charge in [0.25, 0.3) is 0 Å². The van der Waals surface area contributed by atoms with E-state index in [1.165, 1.54) is 5.56 Å². The van der Waals surface area contributed by atoms with Crippen molar-refractivity contribution in [3.8, 4) is 5.75 Å². The Kier molecular flexibility index (Phi) is 7.53. The van der Waals surface area contributed by atoms with Crippen LogP contribution in [0.25, 0.3) is 6.08 Å². The number of hydrogen-bond acceptors (Lipinski definition) is 3. The highest BCUT2D eigenvalue weighted by Gasteiger charge is 1.87. The highest BCUT2D eigenvalue weighted by molar-refractivity contribution is 7.73. The van der Waals surface area contributed by atoms with E-state index in [1.54, 1.807) is 7.11 Å². The van der Waals surface area contributed by atoms with Gasteiger partial charge in [0, 0.05) is 0 Å². The Balaban J connectivity index is 0.000000423. The quantitative estimate of drug-likeness (QED) is 0.788. The maximum atomic E-state index is 8.56. The molecule has 0 spiro atoms. The molecule has 0 heterocycles. The molecular formula is C10H13O4S-. The largest absolute Gasteiger partial charge is 0.750 e. The molecule has 1 atom stereocenters. The van der Waals surface area contributed by atoms with Gasteiger partial charge in [0.1, 0.15) is 5.75 Å². The number of ether oxygens (including phenoxy) is 1. The first kappa shape index (κ1) is 13.8. The van der Waals surface area contributed by atoms with Crippen molar-refractivity contribution in [2.45, 2.75) is 6.92 Å². The normalized spacial score (nSPS) is 11.7. The standard InChI is InChI=1S/C10H12O.H2O3S/c1-3-4-9-5-7-10(11-2)8-6-9;1-4(2)3/h3-8H,1-2H3;(H2,1,2,3)/p-1/b4-3+;. The summed E-state index contributed by atoms with van der Waals surface area (Å²) in [4.78, 5) is 0. The Bertz CT molecular complexity index is 315. The number of hydrogen-bond donors (Lipinski definition) is 1. The first-order valence-electron chi connectivity index (χ1n) is 4.15. The minimum Gasteiger partial charge on any atom is -0.750 e. The zero-order valence-corrected chi connectivity index (χ0v) is 9.36. The highest BCUT2D eigenvalue weighted by Crippen LogP contribution is 2.11. The second-order valence-corrected chi connectivity index (χ2v) is 2.92. The summed E-state index contributed by atoms with van der Waals surface area (Å²) in [6.45, 7) is 2.00. The molecule has 0 aliphatic carbocycles. The summed E-state index contributed by atoms with van der Waals surface area (Å²) in [6.07, 6.45) is 4.07. The Morgan fingerprint density at radius 2 is 1.87 bits per heavy atom. The molecule has 0 saturated carbocycles. The topological polar surface area (TPSA) is 69.6 Å². The van der Waals surface area contributed by atoms with Crippen LogP contribution in [0.15, 0.2) is 30.3 Å². The van der Waals surface area contributed by atoms with E-state index in [0.717, 1.165) is 5.75 Å². The first-order valence-corrected chi connectivity index (χ1v) is 5.18. The molecule has 1 N–H and O–H groups in total. The average Bonchev–Trinajstić information content (AvgIpc) is 2.19. The van der Waals surface area contributed by atoms with Gasteiger partial charge in [-0.1, -0.05) is 24.3 Å². The van der Waals surface area contributed by atoms with E-state index in [0.29, 0.717) is 0 Å². The van der Waals surface area contributed by atoms with E-state index in [-0.39, 0.29) is 0 Å². The Hall–Kier alpha value is -1.17. The molecule has 0 fully saturated rings. The molecule has 15 heavy (non-hydrogen) atoms. The predicted molar refractivity (Wildman–Crippen MR) is 59.3 cm³/mol. The molecule has 1 aromatic rings. The van der Waals surface area contributed by atoms with Gasteiger partial charge in [-0.2, -0.15) is 0 Å². The molecular weight excluding hydrogens is 216 g/mol. The van der Waals surface area contributed by atoms with Gasteiger partial charge in [-0.05, 0) is 24.6 Å². The third kappa shape index (κ3) is 7.87. The second kappa shape index (κ2) is 8.16. The lowest BCUT2D eigenvalue weighted by Gasteiger charge is -1.98. The number of methoxy groups -OCH3 is 1. The van der Waals surface area contributed by atoms with Crippen LogP contribution in [0.3, 0.4) is 0 Å². The van der Waals surface area contributed by atoms with Gasteiger partial charge in [-0.25, -0.2) is 4.21 Å². The lowest BCUT2D eigenvalue weighted by Crippen LogP contribution is -1.80. The van der Waals surface area contributed by atoms with Crippen molar-refractivity contribution in [3.05, 3.63) is 35.9 Å². The molecule has 0 saturated heterocycles. The molecule has 5 heteroatoms. The predicted octanol–water partition coefficient (Wildman–Crippen LogP) is 2.07. The number of rotatable bonds is 2. The molecule has 4 nitrogen and oxygen atoms in total. The lowest BCUT2D eigenvalue weighted by atomic mass is 10.2. The molecule has 0 radical (unpaired) electrons. The van der Waals surface area contributed by atoms with Crippen LogP contribution in [0.4, 0.5) is 0 Å². The van der Waals surface area contributed by atoms with Crippen molar-refractivity contribution in [1.29, 1.82) is 0 Å². The molecule has 1 unspecified atom stereocenters. The van der Waals surface area contributed by atoms with E-state index in [9.17, 15) is 0 Å². The summed E-state index contributed by atoms with van der Waals surface area (Å²) in [7, 11) is 1.67. The molecule has 1 aromatic carbocycles. The van der Waals surface area contributed by atoms with Crippen LogP contribution in [0.1, 0.15) is 12.5 Å². The van der Waals surface area contributed by atoms with Gasteiger partial charge in [-0.3, -0.25) is 0 Å². The van der Waals surface area contributed by atoms with Gasteiger partial charge in [0.05, 0.1) is 18.5 Å². The smallest absolute Gasteiger partial charge is 0.118 e. The fraction of sp³-hybridized carbons (Fsp3) is 0.200. The van der Waals surface area contributed by atoms with Crippen LogP contribution >= 0.6 is 0 Å². The fourth-order valence-electron chi connectivity index (χ4n) is 0.907. The lowest BCUT2D eigenvalue weighted by molar-refractivity contribution is 0.415. The van der Waals surface area contributed by atoms with Crippen LogP contribution in [-0.4, -0.2) is 20.4 Å². The van der Waals surface area contributed by atoms with Gasteiger partial charge in [0.2, 0.25) is 0 Å². The highest BCUT2D eigenvalue weighted by atomic mass is 32.2. The van der Waals surface area contributed by atoms with Crippen molar-refractivity contribution in [3.63, 3.8) is 0 Å². The average molecular weight is 229 g/mol. The van der Waals surface area contributed by atoms with Gasteiger partial charge in [0.15, 0.2) is 0 Å². The Labute approximate surface area is 91.7 Å². The SMILES string of the molecule is C/C=C/c1ccc(OC)cc1.O=S([O-])O. The minimum absolute atomic E-state index is 0.901. The number of allylic oxidation sites excluding steroid dienone is 1.